The van der Waals surface area contributed by atoms with Gasteiger partial charge in [-0.05, 0) is 152 Å². The standard InChI is InChI=1S/C78H96FN8O8P/c1-52-39-40-65(95-96(91,92)93)57(49-52)69(79)76(90)82-43-20-8-7-19-42-81-75(89)62(33-18-21-41-80-70-58-50-53-27-23-44-85-46-25-29-55(71(53)85)73(58)94-74-56-30-26-47-86-45-24-28-54(72(56)86)51-59(70)74)83-68(88)38-13-10-22-48-87-64-35-17-15-32-61(64)78(4,5)67(87)37-12-9-11-36-66-77(2,3)60-31-14-16-34-63(60)84(66)6/h9,11-12,14-17,31-32,34-37,39-40,49-51,62,69H,7-8,10,13,18-30,33,38,41-48H2,1-6H3,(H4-,81,82,83,88,89,90,91,92,93)/p+2. The maximum Gasteiger partial charge on any atom is 0.524 e. The van der Waals surface area contributed by atoms with Crippen LogP contribution in [0.3, 0.4) is 0 Å². The number of hydrogen-bond donors (Lipinski definition) is 6. The van der Waals surface area contributed by atoms with Crippen LogP contribution in [0.2, 0.25) is 0 Å². The van der Waals surface area contributed by atoms with Gasteiger partial charge in [0.25, 0.3) is 5.91 Å². The van der Waals surface area contributed by atoms with Crippen LogP contribution in [0.25, 0.3) is 5.70 Å². The fourth-order valence-electron chi connectivity index (χ4n) is 16.2. The van der Waals surface area contributed by atoms with Crippen molar-refractivity contribution in [2.75, 3.05) is 69.2 Å². The Morgan fingerprint density at radius 1 is 0.740 bits per heavy atom. The summed E-state index contributed by atoms with van der Waals surface area (Å²) < 4.78 is 43.9. The van der Waals surface area contributed by atoms with Gasteiger partial charge >= 0.3 is 7.82 Å². The number of rotatable bonds is 28. The number of para-hydroxylation sites is 2. The van der Waals surface area contributed by atoms with Gasteiger partial charge in [-0.1, -0.05) is 92.9 Å². The molecule has 3 amide bonds. The summed E-state index contributed by atoms with van der Waals surface area (Å²) in [6.07, 6.45) is 24.7. The van der Waals surface area contributed by atoms with Gasteiger partial charge < -0.3 is 40.3 Å². The number of likely N-dealkylation sites (N-methyl/N-ethyl adjacent to an activating group) is 1. The number of carbonyl (C=O) groups is 3. The van der Waals surface area contributed by atoms with Gasteiger partial charge in [0.05, 0.1) is 16.7 Å². The number of alkyl halides is 1. The molecule has 6 N–H and O–H groups in total. The fourth-order valence-corrected chi connectivity index (χ4v) is 16.6. The van der Waals surface area contributed by atoms with Crippen LogP contribution in [0.15, 0.2) is 115 Å². The van der Waals surface area contributed by atoms with Crippen molar-refractivity contribution in [3.8, 4) is 17.2 Å². The Morgan fingerprint density at radius 2 is 1.44 bits per heavy atom. The second kappa shape index (κ2) is 29.5. The van der Waals surface area contributed by atoms with E-state index in [1.165, 1.54) is 85.4 Å². The minimum Gasteiger partial charge on any atom is -0.455 e. The van der Waals surface area contributed by atoms with Gasteiger partial charge in [0.15, 0.2) is 5.71 Å². The molecule has 0 bridgehead atoms. The van der Waals surface area contributed by atoms with E-state index in [9.17, 15) is 28.7 Å². The zero-order valence-electron chi connectivity index (χ0n) is 57.1. The number of carbonyl (C=O) groups excluding carboxylic acids is 3. The molecule has 5 aromatic rings. The van der Waals surface area contributed by atoms with E-state index in [1.54, 1.807) is 6.92 Å². The molecule has 7 aliphatic heterocycles. The van der Waals surface area contributed by atoms with Crippen molar-refractivity contribution in [1.29, 1.82) is 0 Å². The SMILES string of the molecule is Cc1ccc(OP(=O)(O)O)c(C(F)C(=O)NCCCCCCNC(=O)C(CCCCNC2=c3cc4c5c(c3Oc3c2cc2c6c3CCCN6CCC2)CCC[N+]=5CCC4)NC(=O)CCCCC[N+]2=C(/C=C/C=C/C=C3/N(C)c4ccccc4C3(C)C)C(C)(C)c3ccccc32)c1. The predicted molar refractivity (Wildman–Crippen MR) is 379 cm³/mol. The number of hydrogen-bond acceptors (Lipinski definition) is 9. The highest BCUT2D eigenvalue weighted by Crippen LogP contribution is 2.49. The number of nitrogens with one attached hydrogen (secondary N) is 4. The number of aryl methyl sites for hydroxylation is 3. The molecule has 0 aliphatic carbocycles. The van der Waals surface area contributed by atoms with Crippen LogP contribution in [0.1, 0.15) is 180 Å². The highest BCUT2D eigenvalue weighted by atomic mass is 31.2. The monoisotopic (exact) mass is 1320 g/mol. The topological polar surface area (TPSA) is 188 Å². The van der Waals surface area contributed by atoms with E-state index in [4.69, 9.17) is 4.74 Å². The number of benzene rings is 5. The summed E-state index contributed by atoms with van der Waals surface area (Å²) in [6, 6.07) is 25.5. The van der Waals surface area contributed by atoms with E-state index in [1.807, 2.05) is 0 Å². The Morgan fingerprint density at radius 3 is 2.22 bits per heavy atom. The van der Waals surface area contributed by atoms with Gasteiger partial charge in [0.1, 0.15) is 42.9 Å². The summed E-state index contributed by atoms with van der Waals surface area (Å²) in [5.74, 6) is 0.366. The zero-order chi connectivity index (χ0) is 67.3. The van der Waals surface area contributed by atoms with Gasteiger partial charge in [0.2, 0.25) is 29.0 Å². The Labute approximate surface area is 565 Å². The molecule has 18 heteroatoms. The molecule has 7 heterocycles. The molecule has 2 unspecified atom stereocenters. The van der Waals surface area contributed by atoms with E-state index in [0.29, 0.717) is 63.6 Å². The number of fused-ring (bicyclic) bond motifs is 6. The number of phosphoric acid groups is 1. The number of unbranched alkanes of at least 4 members (excludes halogenated alkanes) is 6. The molecule has 0 saturated carbocycles. The fraction of sp³-hybridized carbons (Fsp3) is 0.474. The van der Waals surface area contributed by atoms with Crippen LogP contribution >= 0.6 is 7.82 Å². The highest BCUT2D eigenvalue weighted by molar-refractivity contribution is 7.46. The van der Waals surface area contributed by atoms with Crippen molar-refractivity contribution >= 4 is 54.0 Å². The second-order valence-electron chi connectivity index (χ2n) is 28.4. The van der Waals surface area contributed by atoms with Crippen molar-refractivity contribution in [3.05, 3.63) is 176 Å². The van der Waals surface area contributed by atoms with Crippen molar-refractivity contribution in [2.45, 2.75) is 180 Å². The molecule has 0 radical (unpaired) electrons. The van der Waals surface area contributed by atoms with Crippen molar-refractivity contribution in [3.63, 3.8) is 0 Å². The van der Waals surface area contributed by atoms with Crippen molar-refractivity contribution in [1.82, 2.24) is 25.8 Å². The van der Waals surface area contributed by atoms with Crippen LogP contribution in [-0.2, 0) is 55.5 Å². The first-order valence-corrected chi connectivity index (χ1v) is 37.0. The van der Waals surface area contributed by atoms with Crippen LogP contribution in [0, 0.1) is 6.92 Å². The molecular weight excluding hydrogens is 1230 g/mol. The Kier molecular flexibility index (Phi) is 20.9. The number of anilines is 2. The van der Waals surface area contributed by atoms with Crippen LogP contribution in [0.4, 0.5) is 21.5 Å². The molecule has 7 aliphatic rings. The lowest BCUT2D eigenvalue weighted by Crippen LogP contribution is -2.47. The number of amides is 3. The lowest BCUT2D eigenvalue weighted by Gasteiger charge is -2.39. The Hall–Kier alpha value is -7.85. The minimum atomic E-state index is -4.99. The van der Waals surface area contributed by atoms with E-state index in [2.05, 4.69) is 171 Å². The molecule has 5 aromatic carbocycles. The van der Waals surface area contributed by atoms with Gasteiger partial charge in [0, 0.05) is 133 Å². The molecule has 0 aromatic heterocycles. The lowest BCUT2D eigenvalue weighted by atomic mass is 9.81. The molecule has 0 fully saturated rings. The van der Waals surface area contributed by atoms with E-state index in [0.717, 1.165) is 138 Å². The van der Waals surface area contributed by atoms with E-state index >= 15 is 4.39 Å². The molecular formula is C78H98FN8O8P+2. The Balaban J connectivity index is 0.683. The van der Waals surface area contributed by atoms with E-state index < -0.39 is 31.7 Å². The van der Waals surface area contributed by atoms with Crippen LogP contribution in [0.5, 0.6) is 17.2 Å². The smallest absolute Gasteiger partial charge is 0.455 e. The average Bonchev–Trinajstić information content (AvgIpc) is 1.06. The first kappa shape index (κ1) is 68.1. The van der Waals surface area contributed by atoms with Crippen molar-refractivity contribution < 1.29 is 47.0 Å². The third-order valence-corrected chi connectivity index (χ3v) is 21.3. The summed E-state index contributed by atoms with van der Waals surface area (Å²) in [4.78, 5) is 64.6. The van der Waals surface area contributed by atoms with Gasteiger partial charge in [-0.15, -0.1) is 0 Å². The molecule has 96 heavy (non-hydrogen) atoms. The lowest BCUT2D eigenvalue weighted by molar-refractivity contribution is -0.438. The first-order chi connectivity index (χ1) is 46.3. The summed E-state index contributed by atoms with van der Waals surface area (Å²) in [7, 11) is -2.85. The summed E-state index contributed by atoms with van der Waals surface area (Å²) in [6.45, 7) is 17.3. The number of allylic oxidation sites excluding steroid dienone is 6. The number of nitrogens with zero attached hydrogens (tertiary/aromatic N) is 4. The van der Waals surface area contributed by atoms with E-state index in [-0.39, 0.29) is 34.8 Å². The maximum absolute atomic E-state index is 15.4. The average molecular weight is 1330 g/mol. The normalized spacial score (nSPS) is 18.1. The summed E-state index contributed by atoms with van der Waals surface area (Å²) in [5, 5.41) is 15.4. The predicted octanol–water partition coefficient (Wildman–Crippen LogP) is 11.6. The molecule has 0 saturated heterocycles. The minimum absolute atomic E-state index is 0.0996. The van der Waals surface area contributed by atoms with Crippen LogP contribution < -0.4 is 55.5 Å². The quantitative estimate of drug-likeness (QED) is 0.0121. The molecule has 2 atom stereocenters. The largest absolute Gasteiger partial charge is 0.524 e. The molecule has 508 valence electrons. The van der Waals surface area contributed by atoms with Gasteiger partial charge in [-0.2, -0.15) is 4.58 Å². The van der Waals surface area contributed by atoms with Gasteiger partial charge in [-0.25, -0.2) is 13.5 Å². The highest BCUT2D eigenvalue weighted by Gasteiger charge is 2.44. The van der Waals surface area contributed by atoms with Crippen LogP contribution in [-0.4, -0.2) is 103 Å². The number of phosphoric ester groups is 1. The van der Waals surface area contributed by atoms with Crippen molar-refractivity contribution in [2.24, 2.45) is 0 Å². The number of halogens is 1. The molecule has 12 rings (SSSR count). The maximum atomic E-state index is 15.4. The van der Waals surface area contributed by atoms with Gasteiger partial charge in [-0.3, -0.25) is 24.2 Å². The summed E-state index contributed by atoms with van der Waals surface area (Å²) in [5.41, 5.74) is 16.9. The summed E-state index contributed by atoms with van der Waals surface area (Å²) >= 11 is 0. The molecule has 16 nitrogen and oxygen atoms in total. The zero-order valence-corrected chi connectivity index (χ0v) is 58.0. The second-order valence-corrected chi connectivity index (χ2v) is 29.5. The Bertz CT molecular complexity index is 4120. The first-order valence-electron chi connectivity index (χ1n) is 35.4. The third kappa shape index (κ3) is 14.6. The third-order valence-electron chi connectivity index (χ3n) is 20.9. The number of ether oxygens (including phenoxy) is 1. The molecule has 0 spiro atoms.